The van der Waals surface area contributed by atoms with E-state index in [-0.39, 0.29) is 16.9 Å². The first kappa shape index (κ1) is 40.1. The summed E-state index contributed by atoms with van der Waals surface area (Å²) in [6.45, 7) is 0. The van der Waals surface area contributed by atoms with Crippen LogP contribution in [0.5, 0.6) is 0 Å². The van der Waals surface area contributed by atoms with Crippen LogP contribution >= 0.6 is 0 Å². The lowest BCUT2D eigenvalue weighted by Gasteiger charge is -2.24. The van der Waals surface area contributed by atoms with Crippen molar-refractivity contribution < 1.29 is 22.0 Å². The summed E-state index contributed by atoms with van der Waals surface area (Å²) in [6.07, 6.45) is -4.91. The number of hydrogen-bond donors (Lipinski definition) is 0. The molecule has 10 aromatic carbocycles. The molecule has 0 bridgehead atoms. The van der Waals surface area contributed by atoms with E-state index in [0.717, 1.165) is 88.7 Å². The van der Waals surface area contributed by atoms with Crippen molar-refractivity contribution >= 4 is 87.2 Å². The second kappa shape index (κ2) is 14.8. The van der Waals surface area contributed by atoms with Crippen LogP contribution in [-0.2, 0) is 6.18 Å². The number of aromatic nitrogens is 4. The molecule has 0 aliphatic rings. The van der Waals surface area contributed by atoms with E-state index in [1.807, 2.05) is 170 Å². The molecular formula is C61H35F5N4. The maximum Gasteiger partial charge on any atom is 0.416 e. The van der Waals surface area contributed by atoms with Crippen molar-refractivity contribution in [1.29, 1.82) is 0 Å². The Morgan fingerprint density at radius 3 is 0.957 bits per heavy atom. The zero-order valence-electron chi connectivity index (χ0n) is 36.9. The summed E-state index contributed by atoms with van der Waals surface area (Å²) in [5, 5.41) is 6.63. The highest BCUT2D eigenvalue weighted by molar-refractivity contribution is 6.26. The van der Waals surface area contributed by atoms with Crippen molar-refractivity contribution in [2.45, 2.75) is 6.18 Å². The summed E-state index contributed by atoms with van der Waals surface area (Å²) in [5.41, 5.74) is 5.62. The van der Waals surface area contributed by atoms with Crippen LogP contribution in [0.2, 0.25) is 0 Å². The topological polar surface area (TPSA) is 19.7 Å². The van der Waals surface area contributed by atoms with Gasteiger partial charge in [0.25, 0.3) is 0 Å². The van der Waals surface area contributed by atoms with Crippen LogP contribution in [0.15, 0.2) is 212 Å². The van der Waals surface area contributed by atoms with Gasteiger partial charge in [0, 0.05) is 60.0 Å². The van der Waals surface area contributed by atoms with Crippen molar-refractivity contribution in [3.05, 3.63) is 230 Å². The molecule has 0 aliphatic heterocycles. The fourth-order valence-electron chi connectivity index (χ4n) is 11.3. The molecule has 0 N–H and O–H groups in total. The highest BCUT2D eigenvalue weighted by Crippen LogP contribution is 2.50. The second-order valence-corrected chi connectivity index (χ2v) is 17.8. The number of hydrogen-bond acceptors (Lipinski definition) is 0. The van der Waals surface area contributed by atoms with Crippen LogP contribution in [0.3, 0.4) is 0 Å². The molecule has 0 unspecified atom stereocenters. The van der Waals surface area contributed by atoms with Gasteiger partial charge >= 0.3 is 6.18 Å². The Balaban J connectivity index is 1.26. The molecule has 14 rings (SSSR count). The second-order valence-electron chi connectivity index (χ2n) is 17.8. The quantitative estimate of drug-likeness (QED) is 0.153. The summed E-state index contributed by atoms with van der Waals surface area (Å²) >= 11 is 0. The lowest BCUT2D eigenvalue weighted by molar-refractivity contribution is -0.137. The smallest absolute Gasteiger partial charge is 0.307 e. The summed E-state index contributed by atoms with van der Waals surface area (Å²) in [7, 11) is 0. The molecule has 9 heteroatoms. The minimum Gasteiger partial charge on any atom is -0.307 e. The predicted molar refractivity (Wildman–Crippen MR) is 274 cm³/mol. The zero-order chi connectivity index (χ0) is 47.0. The van der Waals surface area contributed by atoms with E-state index in [9.17, 15) is 0 Å². The van der Waals surface area contributed by atoms with Gasteiger partial charge in [-0.2, -0.15) is 13.2 Å². The molecule has 0 saturated heterocycles. The average Bonchev–Trinajstić information content (AvgIpc) is 4.12. The largest absolute Gasteiger partial charge is 0.416 e. The SMILES string of the molecule is Fc1cccc(F)c1-c1c(-n2c3ccccc3c3ccc4c5ccccc5n(-c5ccccc5)c4c32)cc(C(F)(F)F)cc1-n1c2ccccc2c2ccc3c4ccccc4n(-c4ccccc4)c3c21. The Hall–Kier alpha value is -8.95. The van der Waals surface area contributed by atoms with Gasteiger partial charge < -0.3 is 18.3 Å². The molecule has 0 atom stereocenters. The van der Waals surface area contributed by atoms with Crippen LogP contribution in [0.1, 0.15) is 5.56 Å². The van der Waals surface area contributed by atoms with E-state index in [2.05, 4.69) is 21.3 Å². The van der Waals surface area contributed by atoms with Gasteiger partial charge in [-0.15, -0.1) is 0 Å². The standard InChI is InChI=1S/C61H35F5N4/c62-47-24-15-25-48(63)55(47)56-53(69-51-28-13-9-22-41(51)45-32-30-43-39-20-7-11-26-49(39)67(57(43)59(45)69)37-16-3-1-4-17-37)34-36(61(64,65)66)35-54(56)70-52-29-14-10-23-42(52)46-33-31-44-40-21-8-12-27-50(40)68(58(44)60(46)70)38-18-5-2-6-19-38/h1-35H. The Labute approximate surface area is 395 Å². The van der Waals surface area contributed by atoms with Crippen LogP contribution in [0.25, 0.3) is 121 Å². The molecular weight excluding hydrogens is 884 g/mol. The lowest BCUT2D eigenvalue weighted by Crippen LogP contribution is -2.12. The van der Waals surface area contributed by atoms with Crippen molar-refractivity contribution in [2.75, 3.05) is 0 Å². The van der Waals surface area contributed by atoms with Crippen LogP contribution in [-0.4, -0.2) is 18.3 Å². The molecule has 0 spiro atoms. The maximum atomic E-state index is 17.2. The highest BCUT2D eigenvalue weighted by atomic mass is 19.4. The van der Waals surface area contributed by atoms with Gasteiger partial charge in [-0.25, -0.2) is 8.78 Å². The number of halogens is 5. The molecule has 0 aliphatic carbocycles. The van der Waals surface area contributed by atoms with E-state index in [1.165, 1.54) is 18.2 Å². The van der Waals surface area contributed by atoms with Gasteiger partial charge in [-0.1, -0.05) is 140 Å². The Kier molecular flexibility index (Phi) is 8.47. The molecule has 14 aromatic rings. The first-order valence-electron chi connectivity index (χ1n) is 23.0. The average molecular weight is 919 g/mol. The van der Waals surface area contributed by atoms with Gasteiger partial charge in [-0.05, 0) is 72.8 Å². The first-order valence-corrected chi connectivity index (χ1v) is 23.0. The molecule has 4 aromatic heterocycles. The van der Waals surface area contributed by atoms with Crippen LogP contribution in [0.4, 0.5) is 22.0 Å². The minimum absolute atomic E-state index is 0.0425. The summed E-state index contributed by atoms with van der Waals surface area (Å²) < 4.78 is 90.8. The number of benzene rings is 10. The fraction of sp³-hybridized carbons (Fsp3) is 0.0164. The maximum absolute atomic E-state index is 17.2. The monoisotopic (exact) mass is 918 g/mol. The molecule has 334 valence electrons. The number of fused-ring (bicyclic) bond motifs is 14. The summed E-state index contributed by atoms with van der Waals surface area (Å²) in [5.74, 6) is -1.84. The third kappa shape index (κ3) is 5.57. The van der Waals surface area contributed by atoms with Gasteiger partial charge in [0.15, 0.2) is 0 Å². The van der Waals surface area contributed by atoms with Crippen molar-refractivity contribution in [3.63, 3.8) is 0 Å². The molecule has 4 heterocycles. The van der Waals surface area contributed by atoms with E-state index >= 15 is 22.0 Å². The van der Waals surface area contributed by atoms with E-state index in [1.54, 1.807) is 9.13 Å². The van der Waals surface area contributed by atoms with Gasteiger partial charge in [0.1, 0.15) is 11.6 Å². The summed E-state index contributed by atoms with van der Waals surface area (Å²) in [6, 6.07) is 64.6. The number of alkyl halides is 3. The molecule has 0 amide bonds. The Morgan fingerprint density at radius 1 is 0.286 bits per heavy atom. The van der Waals surface area contributed by atoms with Gasteiger partial charge in [0.2, 0.25) is 0 Å². The molecule has 70 heavy (non-hydrogen) atoms. The normalized spacial score (nSPS) is 12.4. The van der Waals surface area contributed by atoms with E-state index in [0.29, 0.717) is 22.1 Å². The van der Waals surface area contributed by atoms with Gasteiger partial charge in [-0.3, -0.25) is 0 Å². The van der Waals surface area contributed by atoms with Crippen LogP contribution in [0, 0.1) is 11.6 Å². The number of para-hydroxylation sites is 6. The van der Waals surface area contributed by atoms with Crippen molar-refractivity contribution in [3.8, 4) is 33.9 Å². The lowest BCUT2D eigenvalue weighted by atomic mass is 9.96. The van der Waals surface area contributed by atoms with Crippen LogP contribution < -0.4 is 0 Å². The Morgan fingerprint density at radius 2 is 0.600 bits per heavy atom. The third-order valence-electron chi connectivity index (χ3n) is 14.1. The van der Waals surface area contributed by atoms with Gasteiger partial charge in [0.05, 0.1) is 66.6 Å². The van der Waals surface area contributed by atoms with E-state index < -0.39 is 28.9 Å². The number of rotatable bonds is 5. The number of nitrogens with zero attached hydrogens (tertiary/aromatic N) is 4. The minimum atomic E-state index is -4.91. The van der Waals surface area contributed by atoms with E-state index in [4.69, 9.17) is 0 Å². The first-order chi connectivity index (χ1) is 34.3. The molecule has 4 nitrogen and oxygen atoms in total. The molecule has 0 radical (unpaired) electrons. The highest BCUT2D eigenvalue weighted by Gasteiger charge is 2.36. The van der Waals surface area contributed by atoms with Crippen molar-refractivity contribution in [2.24, 2.45) is 0 Å². The predicted octanol–water partition coefficient (Wildman–Crippen LogP) is 17.0. The van der Waals surface area contributed by atoms with Crippen molar-refractivity contribution in [1.82, 2.24) is 18.3 Å². The fourth-order valence-corrected chi connectivity index (χ4v) is 11.3. The molecule has 0 fully saturated rings. The third-order valence-corrected chi connectivity index (χ3v) is 14.1. The summed E-state index contributed by atoms with van der Waals surface area (Å²) in [4.78, 5) is 0. The Bertz CT molecular complexity index is 4210. The molecule has 0 saturated carbocycles. The zero-order valence-corrected chi connectivity index (χ0v) is 36.9.